The molecule has 1 heterocycles. The summed E-state index contributed by atoms with van der Waals surface area (Å²) < 4.78 is 2.09. The van der Waals surface area contributed by atoms with Crippen LogP contribution in [-0.2, 0) is 6.54 Å². The van der Waals surface area contributed by atoms with Crippen LogP contribution in [0.2, 0.25) is 0 Å². The van der Waals surface area contributed by atoms with E-state index >= 15 is 0 Å². The SMILES string of the molecule is NCCCCn1cncc(Br)c1=O. The van der Waals surface area contributed by atoms with E-state index in [-0.39, 0.29) is 5.56 Å². The quantitative estimate of drug-likeness (QED) is 0.797. The number of nitrogens with zero attached hydrogens (tertiary/aromatic N) is 2. The van der Waals surface area contributed by atoms with Crippen LogP contribution in [0.3, 0.4) is 0 Å². The Morgan fingerprint density at radius 1 is 1.54 bits per heavy atom. The van der Waals surface area contributed by atoms with Gasteiger partial charge in [-0.05, 0) is 35.3 Å². The molecular formula is C8H12BrN3O. The van der Waals surface area contributed by atoms with Crippen molar-refractivity contribution in [1.29, 1.82) is 0 Å². The molecule has 1 rings (SSSR count). The van der Waals surface area contributed by atoms with Crippen molar-refractivity contribution < 1.29 is 0 Å². The van der Waals surface area contributed by atoms with Gasteiger partial charge in [-0.25, -0.2) is 4.98 Å². The first-order chi connectivity index (χ1) is 6.25. The van der Waals surface area contributed by atoms with Crippen LogP contribution < -0.4 is 11.3 Å². The Balaban J connectivity index is 2.67. The monoisotopic (exact) mass is 245 g/mol. The normalized spacial score (nSPS) is 10.3. The van der Waals surface area contributed by atoms with Gasteiger partial charge in [0.25, 0.3) is 5.56 Å². The molecule has 5 heteroatoms. The molecule has 13 heavy (non-hydrogen) atoms. The van der Waals surface area contributed by atoms with Gasteiger partial charge in [-0.3, -0.25) is 9.36 Å². The standard InChI is InChI=1S/C8H12BrN3O/c9-7-5-11-6-12(8(7)13)4-2-1-3-10/h5-6H,1-4,10H2. The highest BCUT2D eigenvalue weighted by Gasteiger charge is 1.99. The molecule has 1 aromatic heterocycles. The van der Waals surface area contributed by atoms with Gasteiger partial charge in [-0.15, -0.1) is 0 Å². The fourth-order valence-electron chi connectivity index (χ4n) is 1.01. The van der Waals surface area contributed by atoms with Gasteiger partial charge in [0.05, 0.1) is 6.33 Å². The second-order valence-corrected chi connectivity index (χ2v) is 3.59. The third kappa shape index (κ3) is 2.93. The van der Waals surface area contributed by atoms with E-state index in [2.05, 4.69) is 20.9 Å². The minimum Gasteiger partial charge on any atom is -0.330 e. The predicted octanol–water partition coefficient (Wildman–Crippen LogP) is 0.745. The van der Waals surface area contributed by atoms with Crippen LogP contribution in [0.15, 0.2) is 21.8 Å². The van der Waals surface area contributed by atoms with Crippen LogP contribution in [-0.4, -0.2) is 16.1 Å². The van der Waals surface area contributed by atoms with Crippen molar-refractivity contribution in [1.82, 2.24) is 9.55 Å². The first-order valence-corrected chi connectivity index (χ1v) is 4.95. The topological polar surface area (TPSA) is 60.9 Å². The molecule has 0 unspecified atom stereocenters. The van der Waals surface area contributed by atoms with Crippen molar-refractivity contribution in [2.45, 2.75) is 19.4 Å². The maximum Gasteiger partial charge on any atom is 0.267 e. The molecule has 1 aromatic rings. The molecule has 2 N–H and O–H groups in total. The molecule has 0 fully saturated rings. The number of halogens is 1. The zero-order valence-electron chi connectivity index (χ0n) is 7.24. The molecule has 0 aliphatic carbocycles. The molecule has 0 radical (unpaired) electrons. The van der Waals surface area contributed by atoms with E-state index in [4.69, 9.17) is 5.73 Å². The minimum absolute atomic E-state index is 0.0352. The van der Waals surface area contributed by atoms with Gasteiger partial charge in [-0.2, -0.15) is 0 Å². The number of unbranched alkanes of at least 4 members (excludes halogenated alkanes) is 1. The molecule has 72 valence electrons. The summed E-state index contributed by atoms with van der Waals surface area (Å²) in [5.41, 5.74) is 5.31. The summed E-state index contributed by atoms with van der Waals surface area (Å²) in [7, 11) is 0. The molecule has 4 nitrogen and oxygen atoms in total. The fourth-order valence-corrected chi connectivity index (χ4v) is 1.36. The first-order valence-electron chi connectivity index (χ1n) is 4.15. The summed E-state index contributed by atoms with van der Waals surface area (Å²) in [5.74, 6) is 0. The lowest BCUT2D eigenvalue weighted by Gasteiger charge is -2.03. The number of aryl methyl sites for hydroxylation is 1. The van der Waals surface area contributed by atoms with E-state index in [0.29, 0.717) is 17.6 Å². The second kappa shape index (κ2) is 5.14. The molecule has 0 spiro atoms. The number of hydrogen-bond acceptors (Lipinski definition) is 3. The Labute approximate surface area is 84.9 Å². The van der Waals surface area contributed by atoms with E-state index in [0.717, 1.165) is 12.8 Å². The van der Waals surface area contributed by atoms with Crippen molar-refractivity contribution in [3.05, 3.63) is 27.4 Å². The molecule has 0 amide bonds. The molecule has 0 atom stereocenters. The molecule has 0 aromatic carbocycles. The Hall–Kier alpha value is -0.680. The Bertz CT molecular complexity index is 323. The maximum absolute atomic E-state index is 11.4. The van der Waals surface area contributed by atoms with Crippen molar-refractivity contribution in [2.75, 3.05) is 6.54 Å². The van der Waals surface area contributed by atoms with E-state index in [1.165, 1.54) is 6.20 Å². The van der Waals surface area contributed by atoms with E-state index in [9.17, 15) is 4.79 Å². The Morgan fingerprint density at radius 2 is 2.31 bits per heavy atom. The number of hydrogen-bond donors (Lipinski definition) is 1. The van der Waals surface area contributed by atoms with Gasteiger partial charge in [0.15, 0.2) is 0 Å². The van der Waals surface area contributed by atoms with Gasteiger partial charge in [-0.1, -0.05) is 0 Å². The van der Waals surface area contributed by atoms with Crippen molar-refractivity contribution in [3.63, 3.8) is 0 Å². The van der Waals surface area contributed by atoms with Gasteiger partial charge in [0.1, 0.15) is 4.47 Å². The molecule has 0 saturated carbocycles. The highest BCUT2D eigenvalue weighted by Crippen LogP contribution is 1.99. The van der Waals surface area contributed by atoms with Gasteiger partial charge in [0, 0.05) is 12.7 Å². The first kappa shape index (κ1) is 10.4. The number of aromatic nitrogens is 2. The summed E-state index contributed by atoms with van der Waals surface area (Å²) in [6.45, 7) is 1.35. The van der Waals surface area contributed by atoms with Crippen molar-refractivity contribution in [2.24, 2.45) is 5.73 Å². The Morgan fingerprint density at radius 3 is 3.00 bits per heavy atom. The molecule has 0 aliphatic heterocycles. The van der Waals surface area contributed by atoms with Crippen LogP contribution in [0.1, 0.15) is 12.8 Å². The molecule has 0 saturated heterocycles. The molecule has 0 aliphatic rings. The lowest BCUT2D eigenvalue weighted by Crippen LogP contribution is -2.21. The van der Waals surface area contributed by atoms with Crippen LogP contribution in [0.4, 0.5) is 0 Å². The third-order valence-electron chi connectivity index (χ3n) is 1.71. The largest absolute Gasteiger partial charge is 0.330 e. The smallest absolute Gasteiger partial charge is 0.267 e. The van der Waals surface area contributed by atoms with Crippen molar-refractivity contribution in [3.8, 4) is 0 Å². The van der Waals surface area contributed by atoms with Crippen molar-refractivity contribution >= 4 is 15.9 Å². The molecular weight excluding hydrogens is 234 g/mol. The van der Waals surface area contributed by atoms with Crippen LogP contribution in [0.5, 0.6) is 0 Å². The van der Waals surface area contributed by atoms with Crippen LogP contribution in [0.25, 0.3) is 0 Å². The number of nitrogens with two attached hydrogens (primary N) is 1. The summed E-state index contributed by atoms with van der Waals surface area (Å²) in [5, 5.41) is 0. The van der Waals surface area contributed by atoms with E-state index < -0.39 is 0 Å². The molecule has 0 bridgehead atoms. The Kier molecular flexibility index (Phi) is 4.11. The van der Waals surface area contributed by atoms with Crippen LogP contribution >= 0.6 is 15.9 Å². The fraction of sp³-hybridized carbons (Fsp3) is 0.500. The summed E-state index contributed by atoms with van der Waals surface area (Å²) in [6.07, 6.45) is 4.89. The van der Waals surface area contributed by atoms with E-state index in [1.807, 2.05) is 0 Å². The zero-order valence-corrected chi connectivity index (χ0v) is 8.83. The summed E-state index contributed by atoms with van der Waals surface area (Å²) in [6, 6.07) is 0. The number of rotatable bonds is 4. The van der Waals surface area contributed by atoms with E-state index in [1.54, 1.807) is 10.9 Å². The lowest BCUT2D eigenvalue weighted by atomic mass is 10.3. The summed E-state index contributed by atoms with van der Waals surface area (Å²) in [4.78, 5) is 15.3. The third-order valence-corrected chi connectivity index (χ3v) is 2.26. The highest BCUT2D eigenvalue weighted by atomic mass is 79.9. The average Bonchev–Trinajstić information content (AvgIpc) is 2.13. The van der Waals surface area contributed by atoms with Gasteiger partial charge < -0.3 is 5.73 Å². The zero-order chi connectivity index (χ0) is 9.68. The lowest BCUT2D eigenvalue weighted by molar-refractivity contribution is 0.588. The maximum atomic E-state index is 11.4. The van der Waals surface area contributed by atoms with Gasteiger partial charge >= 0.3 is 0 Å². The highest BCUT2D eigenvalue weighted by molar-refractivity contribution is 9.10. The van der Waals surface area contributed by atoms with Gasteiger partial charge in [0.2, 0.25) is 0 Å². The minimum atomic E-state index is -0.0352. The summed E-state index contributed by atoms with van der Waals surface area (Å²) >= 11 is 3.13. The predicted molar refractivity (Wildman–Crippen MR) is 54.5 cm³/mol. The average molecular weight is 246 g/mol. The second-order valence-electron chi connectivity index (χ2n) is 2.74. The van der Waals surface area contributed by atoms with Crippen LogP contribution in [0, 0.1) is 0 Å².